The molecule has 1 fully saturated rings. The second kappa shape index (κ2) is 4.73. The summed E-state index contributed by atoms with van der Waals surface area (Å²) in [6, 6.07) is 0. The Balaban J connectivity index is 2.94. The van der Waals surface area contributed by atoms with Crippen LogP contribution in [0.4, 0.5) is 13.2 Å². The molecule has 0 aromatic rings. The van der Waals surface area contributed by atoms with Crippen molar-refractivity contribution < 1.29 is 13.2 Å². The van der Waals surface area contributed by atoms with Gasteiger partial charge in [0.1, 0.15) is 5.54 Å². The third-order valence-corrected chi connectivity index (χ3v) is 3.56. The van der Waals surface area contributed by atoms with Crippen molar-refractivity contribution in [3.05, 3.63) is 0 Å². The summed E-state index contributed by atoms with van der Waals surface area (Å²) in [5.74, 6) is -0.258. The highest BCUT2D eigenvalue weighted by Gasteiger charge is 2.58. The number of halogens is 3. The molecule has 0 aromatic carbocycles. The van der Waals surface area contributed by atoms with Gasteiger partial charge in [-0.05, 0) is 25.3 Å². The molecule has 4 heteroatoms. The average Bonchev–Trinajstić information content (AvgIpc) is 2.17. The zero-order chi connectivity index (χ0) is 11.5. The third-order valence-electron chi connectivity index (χ3n) is 3.56. The number of hydrogen-bond acceptors (Lipinski definition) is 1. The summed E-state index contributed by atoms with van der Waals surface area (Å²) in [4.78, 5) is 0. The lowest BCUT2D eigenvalue weighted by Crippen LogP contribution is -2.62. The van der Waals surface area contributed by atoms with Gasteiger partial charge < -0.3 is 5.32 Å². The monoisotopic (exact) mass is 223 g/mol. The van der Waals surface area contributed by atoms with Crippen LogP contribution in [-0.2, 0) is 0 Å². The Bertz CT molecular complexity index is 198. The molecule has 0 heterocycles. The van der Waals surface area contributed by atoms with Gasteiger partial charge in [0.05, 0.1) is 0 Å². The summed E-state index contributed by atoms with van der Waals surface area (Å²) < 4.78 is 39.5. The first kappa shape index (κ1) is 12.8. The summed E-state index contributed by atoms with van der Waals surface area (Å²) in [6.07, 6.45) is -0.965. The van der Waals surface area contributed by atoms with E-state index in [1.165, 1.54) is 0 Å². The second-order valence-corrected chi connectivity index (χ2v) is 4.35. The molecular weight excluding hydrogens is 203 g/mol. The predicted octanol–water partition coefficient (Wildman–Crippen LogP) is 3.50. The number of alkyl halides is 3. The van der Waals surface area contributed by atoms with Crippen molar-refractivity contribution in [2.24, 2.45) is 5.92 Å². The molecule has 2 unspecified atom stereocenters. The van der Waals surface area contributed by atoms with Gasteiger partial charge >= 0.3 is 6.18 Å². The molecule has 1 rings (SSSR count). The normalized spacial score (nSPS) is 33.0. The maximum atomic E-state index is 13.2. The van der Waals surface area contributed by atoms with Crippen LogP contribution in [-0.4, -0.2) is 18.3 Å². The molecule has 90 valence electrons. The molecule has 15 heavy (non-hydrogen) atoms. The highest BCUT2D eigenvalue weighted by Crippen LogP contribution is 2.46. The second-order valence-electron chi connectivity index (χ2n) is 4.35. The van der Waals surface area contributed by atoms with Gasteiger partial charge in [0.2, 0.25) is 0 Å². The minimum atomic E-state index is -4.12. The minimum Gasteiger partial charge on any atom is -0.304 e. The van der Waals surface area contributed by atoms with Gasteiger partial charge in [-0.1, -0.05) is 33.1 Å². The molecule has 1 saturated carbocycles. The van der Waals surface area contributed by atoms with E-state index >= 15 is 0 Å². The fourth-order valence-corrected chi connectivity index (χ4v) is 2.82. The smallest absolute Gasteiger partial charge is 0.304 e. The van der Waals surface area contributed by atoms with Gasteiger partial charge in [0, 0.05) is 0 Å². The van der Waals surface area contributed by atoms with Crippen molar-refractivity contribution in [1.29, 1.82) is 0 Å². The van der Waals surface area contributed by atoms with Crippen LogP contribution in [0.5, 0.6) is 0 Å². The Kier molecular flexibility index (Phi) is 4.04. The molecule has 0 radical (unpaired) electrons. The topological polar surface area (TPSA) is 12.0 Å². The molecule has 0 aromatic heterocycles. The lowest BCUT2D eigenvalue weighted by molar-refractivity contribution is -0.221. The fourth-order valence-electron chi connectivity index (χ4n) is 2.82. The Morgan fingerprint density at radius 3 is 2.40 bits per heavy atom. The zero-order valence-corrected chi connectivity index (χ0v) is 9.45. The van der Waals surface area contributed by atoms with E-state index in [0.29, 0.717) is 25.8 Å². The Labute approximate surface area is 89.4 Å². The summed E-state index contributed by atoms with van der Waals surface area (Å²) in [6.45, 7) is 3.98. The largest absolute Gasteiger partial charge is 0.406 e. The molecule has 0 saturated heterocycles. The van der Waals surface area contributed by atoms with E-state index in [9.17, 15) is 13.2 Å². The average molecular weight is 223 g/mol. The van der Waals surface area contributed by atoms with Crippen LogP contribution in [0, 0.1) is 5.92 Å². The molecule has 0 spiro atoms. The summed E-state index contributed by atoms with van der Waals surface area (Å²) >= 11 is 0. The first-order valence-corrected chi connectivity index (χ1v) is 5.79. The van der Waals surface area contributed by atoms with Crippen molar-refractivity contribution in [3.8, 4) is 0 Å². The molecule has 1 aliphatic rings. The summed E-state index contributed by atoms with van der Waals surface area (Å²) in [5.41, 5.74) is -1.62. The Hall–Kier alpha value is -0.250. The maximum Gasteiger partial charge on any atom is 0.406 e. The van der Waals surface area contributed by atoms with E-state index < -0.39 is 11.7 Å². The van der Waals surface area contributed by atoms with Crippen LogP contribution in [0.1, 0.15) is 46.0 Å². The van der Waals surface area contributed by atoms with Gasteiger partial charge in [-0.25, -0.2) is 0 Å². The van der Waals surface area contributed by atoms with Crippen molar-refractivity contribution >= 4 is 0 Å². The third kappa shape index (κ3) is 2.30. The fraction of sp³-hybridized carbons (Fsp3) is 1.00. The summed E-state index contributed by atoms with van der Waals surface area (Å²) in [5, 5.41) is 2.71. The molecule has 1 aliphatic carbocycles. The quantitative estimate of drug-likeness (QED) is 0.772. The Morgan fingerprint density at radius 1 is 1.27 bits per heavy atom. The van der Waals surface area contributed by atoms with E-state index in [2.05, 4.69) is 5.32 Å². The van der Waals surface area contributed by atoms with Crippen LogP contribution in [0.15, 0.2) is 0 Å². The van der Waals surface area contributed by atoms with E-state index in [1.807, 2.05) is 6.92 Å². The van der Waals surface area contributed by atoms with Crippen LogP contribution in [0.2, 0.25) is 0 Å². The molecule has 0 aliphatic heterocycles. The van der Waals surface area contributed by atoms with Crippen LogP contribution in [0.3, 0.4) is 0 Å². The highest BCUT2D eigenvalue weighted by atomic mass is 19.4. The highest BCUT2D eigenvalue weighted by molar-refractivity contribution is 5.02. The number of rotatable bonds is 3. The van der Waals surface area contributed by atoms with Crippen LogP contribution < -0.4 is 5.32 Å². The van der Waals surface area contributed by atoms with Crippen LogP contribution >= 0.6 is 0 Å². The van der Waals surface area contributed by atoms with E-state index in [0.717, 1.165) is 6.42 Å². The molecule has 2 atom stereocenters. The molecule has 0 amide bonds. The van der Waals surface area contributed by atoms with Crippen molar-refractivity contribution in [1.82, 2.24) is 5.32 Å². The van der Waals surface area contributed by atoms with E-state index in [4.69, 9.17) is 0 Å². The molecular formula is C11H20F3N. The van der Waals surface area contributed by atoms with E-state index in [1.54, 1.807) is 6.92 Å². The van der Waals surface area contributed by atoms with Gasteiger partial charge in [-0.3, -0.25) is 0 Å². The van der Waals surface area contributed by atoms with Gasteiger partial charge in [-0.15, -0.1) is 0 Å². The van der Waals surface area contributed by atoms with Crippen molar-refractivity contribution in [2.45, 2.75) is 57.7 Å². The van der Waals surface area contributed by atoms with Crippen molar-refractivity contribution in [2.75, 3.05) is 6.54 Å². The Morgan fingerprint density at radius 2 is 1.93 bits per heavy atom. The standard InChI is InChI=1S/C11H20F3N/c1-3-9-7-5-6-8-10(9,15-4-2)11(12,13)14/h9,15H,3-8H2,1-2H3. The zero-order valence-electron chi connectivity index (χ0n) is 9.45. The first-order chi connectivity index (χ1) is 6.98. The van der Waals surface area contributed by atoms with Gasteiger partial charge in [0.25, 0.3) is 0 Å². The van der Waals surface area contributed by atoms with Crippen molar-refractivity contribution in [3.63, 3.8) is 0 Å². The van der Waals surface area contributed by atoms with Gasteiger partial charge in [-0.2, -0.15) is 13.2 Å². The maximum absolute atomic E-state index is 13.2. The lowest BCUT2D eigenvalue weighted by Gasteiger charge is -2.45. The first-order valence-electron chi connectivity index (χ1n) is 5.79. The molecule has 0 bridgehead atoms. The predicted molar refractivity (Wildman–Crippen MR) is 54.7 cm³/mol. The number of hydrogen-bond donors (Lipinski definition) is 1. The minimum absolute atomic E-state index is 0.239. The molecule has 1 nitrogen and oxygen atoms in total. The number of nitrogens with one attached hydrogen (secondary N) is 1. The lowest BCUT2D eigenvalue weighted by atomic mass is 9.71. The van der Waals surface area contributed by atoms with Crippen LogP contribution in [0.25, 0.3) is 0 Å². The van der Waals surface area contributed by atoms with E-state index in [-0.39, 0.29) is 12.3 Å². The summed E-state index contributed by atoms with van der Waals surface area (Å²) in [7, 11) is 0. The van der Waals surface area contributed by atoms with Gasteiger partial charge in [0.15, 0.2) is 0 Å². The SMILES string of the molecule is CCNC1(C(F)(F)F)CCCCC1CC. The molecule has 1 N–H and O–H groups in total.